The number of halogens is 1. The van der Waals surface area contributed by atoms with Crippen molar-refractivity contribution in [1.82, 2.24) is 25.1 Å². The highest BCUT2D eigenvalue weighted by Crippen LogP contribution is 2.19. The van der Waals surface area contributed by atoms with Crippen LogP contribution in [0.4, 0.5) is 10.3 Å². The Hall–Kier alpha value is -2.45. The van der Waals surface area contributed by atoms with Gasteiger partial charge in [0.25, 0.3) is 0 Å². The summed E-state index contributed by atoms with van der Waals surface area (Å²) in [5.74, 6) is 0.874. The number of hydrogen-bond acceptors (Lipinski definition) is 5. The van der Waals surface area contributed by atoms with Gasteiger partial charge in [0.2, 0.25) is 11.9 Å². The first-order valence-corrected chi connectivity index (χ1v) is 8.51. The summed E-state index contributed by atoms with van der Waals surface area (Å²) >= 11 is 0. The third-order valence-electron chi connectivity index (χ3n) is 4.24. The first-order valence-electron chi connectivity index (χ1n) is 8.51. The fourth-order valence-corrected chi connectivity index (χ4v) is 2.52. The van der Waals surface area contributed by atoms with Crippen molar-refractivity contribution in [3.8, 4) is 0 Å². The summed E-state index contributed by atoms with van der Waals surface area (Å²) in [6.45, 7) is 3.07. The number of carbonyl (C=O) groups is 1. The van der Waals surface area contributed by atoms with E-state index < -0.39 is 5.82 Å². The van der Waals surface area contributed by atoms with Crippen molar-refractivity contribution in [2.45, 2.75) is 18.9 Å². The van der Waals surface area contributed by atoms with Gasteiger partial charge < -0.3 is 20.0 Å². The SMILES string of the molecule is CN(C)C(=O)CN=C(NC1CC1)N1CCN(c2ncc(F)cn2)CC1. The van der Waals surface area contributed by atoms with Crippen LogP contribution in [-0.2, 0) is 4.79 Å². The summed E-state index contributed by atoms with van der Waals surface area (Å²) in [6.07, 6.45) is 4.65. The van der Waals surface area contributed by atoms with Crippen LogP contribution in [-0.4, -0.2) is 84.5 Å². The number of anilines is 1. The van der Waals surface area contributed by atoms with Crippen LogP contribution in [0.25, 0.3) is 0 Å². The molecule has 2 aliphatic rings. The van der Waals surface area contributed by atoms with E-state index in [9.17, 15) is 9.18 Å². The second-order valence-corrected chi connectivity index (χ2v) is 6.52. The maximum atomic E-state index is 12.9. The van der Waals surface area contributed by atoms with Gasteiger partial charge in [0.15, 0.2) is 11.8 Å². The van der Waals surface area contributed by atoms with Gasteiger partial charge in [-0.25, -0.2) is 19.4 Å². The molecule has 0 bridgehead atoms. The molecule has 1 aromatic heterocycles. The molecule has 0 aromatic carbocycles. The molecule has 1 aliphatic heterocycles. The molecular weight excluding hydrogens is 325 g/mol. The van der Waals surface area contributed by atoms with Gasteiger partial charge in [-0.1, -0.05) is 0 Å². The van der Waals surface area contributed by atoms with E-state index in [1.165, 1.54) is 12.4 Å². The zero-order valence-corrected chi connectivity index (χ0v) is 14.7. The molecular formula is C16H24FN7O. The highest BCUT2D eigenvalue weighted by molar-refractivity contribution is 5.85. The number of nitrogens with zero attached hydrogens (tertiary/aromatic N) is 6. The largest absolute Gasteiger partial charge is 0.353 e. The van der Waals surface area contributed by atoms with Gasteiger partial charge in [-0.05, 0) is 12.8 Å². The predicted octanol–water partition coefficient (Wildman–Crippen LogP) is -0.0661. The Bertz CT molecular complexity index is 622. The van der Waals surface area contributed by atoms with Crippen molar-refractivity contribution in [3.05, 3.63) is 18.2 Å². The van der Waals surface area contributed by atoms with Gasteiger partial charge in [-0.15, -0.1) is 0 Å². The van der Waals surface area contributed by atoms with Crippen LogP contribution >= 0.6 is 0 Å². The minimum atomic E-state index is -0.434. The van der Waals surface area contributed by atoms with E-state index >= 15 is 0 Å². The number of guanidine groups is 1. The van der Waals surface area contributed by atoms with Crippen LogP contribution in [0.15, 0.2) is 17.4 Å². The van der Waals surface area contributed by atoms with Crippen molar-refractivity contribution < 1.29 is 9.18 Å². The Morgan fingerprint density at radius 3 is 2.48 bits per heavy atom. The molecule has 0 radical (unpaired) electrons. The summed E-state index contributed by atoms with van der Waals surface area (Å²) in [5, 5.41) is 3.42. The standard InChI is InChI=1S/C16H24FN7O/c1-22(2)14(25)11-20-16(21-13-3-4-13)24-7-5-23(6-8-24)15-18-9-12(17)10-19-15/h9-10,13H,3-8,11H2,1-2H3,(H,20,21). The summed E-state index contributed by atoms with van der Waals surface area (Å²) in [4.78, 5) is 30.1. The van der Waals surface area contributed by atoms with Crippen molar-refractivity contribution >= 4 is 17.8 Å². The summed E-state index contributed by atoms with van der Waals surface area (Å²) in [6, 6.07) is 0.465. The Morgan fingerprint density at radius 2 is 1.92 bits per heavy atom. The molecule has 2 fully saturated rings. The number of hydrogen-bond donors (Lipinski definition) is 1. The molecule has 1 aliphatic carbocycles. The van der Waals surface area contributed by atoms with E-state index in [1.54, 1.807) is 19.0 Å². The molecule has 1 saturated heterocycles. The lowest BCUT2D eigenvalue weighted by Gasteiger charge is -2.36. The van der Waals surface area contributed by atoms with Gasteiger partial charge in [0.1, 0.15) is 6.54 Å². The molecule has 2 heterocycles. The number of amides is 1. The Balaban J connectivity index is 1.60. The third kappa shape index (κ3) is 4.77. The number of rotatable bonds is 4. The lowest BCUT2D eigenvalue weighted by Crippen LogP contribution is -2.53. The molecule has 9 heteroatoms. The molecule has 0 unspecified atom stereocenters. The first-order chi connectivity index (χ1) is 12.0. The highest BCUT2D eigenvalue weighted by atomic mass is 19.1. The van der Waals surface area contributed by atoms with Crippen LogP contribution in [0, 0.1) is 5.82 Å². The summed E-state index contributed by atoms with van der Waals surface area (Å²) in [5.41, 5.74) is 0. The van der Waals surface area contributed by atoms with E-state index in [0.29, 0.717) is 12.0 Å². The minimum absolute atomic E-state index is 0.0200. The molecule has 0 atom stereocenters. The highest BCUT2D eigenvalue weighted by Gasteiger charge is 2.27. The quantitative estimate of drug-likeness (QED) is 0.606. The number of aromatic nitrogens is 2. The second kappa shape index (κ2) is 7.62. The molecule has 1 aromatic rings. The third-order valence-corrected chi connectivity index (χ3v) is 4.24. The minimum Gasteiger partial charge on any atom is -0.353 e. The molecule has 0 spiro atoms. The number of carbonyl (C=O) groups excluding carboxylic acids is 1. The summed E-state index contributed by atoms with van der Waals surface area (Å²) in [7, 11) is 3.46. The molecule has 25 heavy (non-hydrogen) atoms. The van der Waals surface area contributed by atoms with Crippen molar-refractivity contribution in [1.29, 1.82) is 0 Å². The average molecular weight is 349 g/mol. The number of nitrogens with one attached hydrogen (secondary N) is 1. The van der Waals surface area contributed by atoms with Gasteiger partial charge in [-0.3, -0.25) is 4.79 Å². The van der Waals surface area contributed by atoms with Crippen molar-refractivity contribution in [2.75, 3.05) is 51.7 Å². The van der Waals surface area contributed by atoms with E-state index in [4.69, 9.17) is 0 Å². The van der Waals surface area contributed by atoms with Gasteiger partial charge in [0.05, 0.1) is 12.4 Å². The molecule has 1 N–H and O–H groups in total. The second-order valence-electron chi connectivity index (χ2n) is 6.52. The molecule has 8 nitrogen and oxygen atoms in total. The fraction of sp³-hybridized carbons (Fsp3) is 0.625. The normalized spacial score (nSPS) is 18.3. The van der Waals surface area contributed by atoms with Crippen LogP contribution in [0.2, 0.25) is 0 Å². The van der Waals surface area contributed by atoms with E-state index in [2.05, 4.69) is 25.2 Å². The molecule has 1 amide bonds. The van der Waals surface area contributed by atoms with Gasteiger partial charge in [0, 0.05) is 46.3 Å². The van der Waals surface area contributed by atoms with Crippen LogP contribution in [0.3, 0.4) is 0 Å². The molecule has 1 saturated carbocycles. The number of likely N-dealkylation sites (N-methyl/N-ethyl adjacent to an activating group) is 1. The van der Waals surface area contributed by atoms with Gasteiger partial charge in [-0.2, -0.15) is 0 Å². The zero-order valence-electron chi connectivity index (χ0n) is 14.7. The Kier molecular flexibility index (Phi) is 5.30. The Labute approximate surface area is 146 Å². The van der Waals surface area contributed by atoms with E-state index in [1.807, 2.05) is 4.90 Å². The van der Waals surface area contributed by atoms with E-state index in [-0.39, 0.29) is 12.5 Å². The number of piperazine rings is 1. The predicted molar refractivity (Wildman–Crippen MR) is 92.9 cm³/mol. The molecule has 3 rings (SSSR count). The first kappa shape index (κ1) is 17.4. The average Bonchev–Trinajstić information content (AvgIpc) is 3.43. The maximum Gasteiger partial charge on any atom is 0.243 e. The fourth-order valence-electron chi connectivity index (χ4n) is 2.52. The molecule has 136 valence electrons. The summed E-state index contributed by atoms with van der Waals surface area (Å²) < 4.78 is 12.9. The smallest absolute Gasteiger partial charge is 0.243 e. The van der Waals surface area contributed by atoms with Crippen LogP contribution in [0.1, 0.15) is 12.8 Å². The number of aliphatic imine (C=N–C) groups is 1. The zero-order chi connectivity index (χ0) is 17.8. The monoisotopic (exact) mass is 349 g/mol. The van der Waals surface area contributed by atoms with Crippen LogP contribution in [0.5, 0.6) is 0 Å². The maximum absolute atomic E-state index is 12.9. The van der Waals surface area contributed by atoms with Crippen molar-refractivity contribution in [2.24, 2.45) is 4.99 Å². The Morgan fingerprint density at radius 1 is 1.28 bits per heavy atom. The lowest BCUT2D eigenvalue weighted by atomic mass is 10.3. The topological polar surface area (TPSA) is 77.0 Å². The van der Waals surface area contributed by atoms with E-state index in [0.717, 1.165) is 45.0 Å². The van der Waals surface area contributed by atoms with Crippen molar-refractivity contribution in [3.63, 3.8) is 0 Å². The van der Waals surface area contributed by atoms with Gasteiger partial charge >= 0.3 is 0 Å². The lowest BCUT2D eigenvalue weighted by molar-refractivity contribution is -0.127. The van der Waals surface area contributed by atoms with Crippen LogP contribution < -0.4 is 10.2 Å².